The van der Waals surface area contributed by atoms with Crippen LogP contribution in [-0.2, 0) is 24.5 Å². The van der Waals surface area contributed by atoms with Gasteiger partial charge in [0.15, 0.2) is 0 Å². The number of nitrogens with zero attached hydrogens (tertiary/aromatic N) is 3. The second kappa shape index (κ2) is 8.72. The Bertz CT molecular complexity index is 1360. The smallest absolute Gasteiger partial charge is 0.240 e. The molecule has 5 rings (SSSR count). The lowest BCUT2D eigenvalue weighted by Crippen LogP contribution is -2.28. The van der Waals surface area contributed by atoms with E-state index in [1.165, 1.54) is 0 Å². The summed E-state index contributed by atoms with van der Waals surface area (Å²) in [5.74, 6) is 1.92. The number of carbonyl (C=O) groups is 1. The van der Waals surface area contributed by atoms with Crippen LogP contribution in [0.5, 0.6) is 5.75 Å². The van der Waals surface area contributed by atoms with Gasteiger partial charge in [-0.05, 0) is 48.5 Å². The zero-order valence-electron chi connectivity index (χ0n) is 17.1. The Balaban J connectivity index is 1.31. The number of rotatable bonds is 7. The van der Waals surface area contributed by atoms with E-state index >= 15 is 0 Å². The Labute approximate surface area is 189 Å². The largest absolute Gasteiger partial charge is 0.486 e. The van der Waals surface area contributed by atoms with Gasteiger partial charge in [0.25, 0.3) is 0 Å². The highest BCUT2D eigenvalue weighted by Crippen LogP contribution is 2.20. The quantitative estimate of drug-likeness (QED) is 0.387. The van der Waals surface area contributed by atoms with Gasteiger partial charge in [-0.15, -0.1) is 0 Å². The fourth-order valence-electron chi connectivity index (χ4n) is 3.56. The van der Waals surface area contributed by atoms with Crippen molar-refractivity contribution in [2.24, 2.45) is 0 Å². The minimum Gasteiger partial charge on any atom is -0.486 e. The number of amides is 1. The minimum atomic E-state index is -0.138. The van der Waals surface area contributed by atoms with E-state index in [-0.39, 0.29) is 19.1 Å². The van der Waals surface area contributed by atoms with E-state index in [1.54, 1.807) is 24.3 Å². The zero-order valence-corrected chi connectivity index (χ0v) is 17.8. The van der Waals surface area contributed by atoms with Gasteiger partial charge in [-0.2, -0.15) is 0 Å². The van der Waals surface area contributed by atoms with E-state index in [1.807, 2.05) is 53.1 Å². The fraction of sp³-hybridized carbons (Fsp3) is 0.125. The summed E-state index contributed by atoms with van der Waals surface area (Å²) in [6.45, 7) is 0.671. The number of H-pyrrole nitrogens is 1. The molecule has 5 aromatic rings. The number of benzene rings is 3. The highest BCUT2D eigenvalue weighted by atomic mass is 35.5. The van der Waals surface area contributed by atoms with Crippen LogP contribution < -0.4 is 10.1 Å². The first kappa shape index (κ1) is 20.1. The van der Waals surface area contributed by atoms with Crippen LogP contribution in [-0.4, -0.2) is 25.4 Å². The number of hydrogen-bond donors (Lipinski definition) is 2. The third-order valence-electron chi connectivity index (χ3n) is 5.11. The number of para-hydroxylation sites is 4. The number of aromatic nitrogens is 4. The normalized spacial score (nSPS) is 11.2. The molecule has 0 radical (unpaired) electrons. The molecule has 3 aromatic carbocycles. The number of hydrogen-bond acceptors (Lipinski definition) is 4. The fourth-order valence-corrected chi connectivity index (χ4v) is 3.69. The maximum Gasteiger partial charge on any atom is 0.240 e. The molecule has 0 bridgehead atoms. The van der Waals surface area contributed by atoms with Crippen LogP contribution in [0.4, 0.5) is 0 Å². The number of carbonyl (C=O) groups excluding carboxylic acids is 1. The third kappa shape index (κ3) is 4.29. The molecule has 7 nitrogen and oxygen atoms in total. The highest BCUT2D eigenvalue weighted by molar-refractivity contribution is 6.30. The van der Waals surface area contributed by atoms with Crippen molar-refractivity contribution in [2.75, 3.05) is 0 Å². The molecule has 0 fully saturated rings. The predicted molar refractivity (Wildman–Crippen MR) is 123 cm³/mol. The molecule has 8 heteroatoms. The molecule has 1 amide bonds. The molecule has 0 aliphatic rings. The van der Waals surface area contributed by atoms with Crippen molar-refractivity contribution in [3.8, 4) is 5.75 Å². The van der Waals surface area contributed by atoms with Gasteiger partial charge in [0.05, 0.1) is 28.6 Å². The Morgan fingerprint density at radius 1 is 0.969 bits per heavy atom. The number of ether oxygens (including phenoxy) is 1. The predicted octanol–water partition coefficient (Wildman–Crippen LogP) is 4.46. The molecule has 2 N–H and O–H groups in total. The maximum absolute atomic E-state index is 12.7. The summed E-state index contributed by atoms with van der Waals surface area (Å²) >= 11 is 5.94. The molecule has 32 heavy (non-hydrogen) atoms. The molecule has 0 aliphatic carbocycles. The summed E-state index contributed by atoms with van der Waals surface area (Å²) in [4.78, 5) is 25.1. The van der Waals surface area contributed by atoms with Gasteiger partial charge < -0.3 is 19.6 Å². The molecule has 0 spiro atoms. The van der Waals surface area contributed by atoms with Crippen LogP contribution in [0.3, 0.4) is 0 Å². The Hall–Kier alpha value is -3.84. The molecular weight excluding hydrogens is 426 g/mol. The van der Waals surface area contributed by atoms with Gasteiger partial charge in [-0.1, -0.05) is 35.9 Å². The Morgan fingerprint density at radius 3 is 2.53 bits per heavy atom. The lowest BCUT2D eigenvalue weighted by atomic mass is 10.3. The highest BCUT2D eigenvalue weighted by Gasteiger charge is 2.15. The second-order valence-corrected chi connectivity index (χ2v) is 7.76. The van der Waals surface area contributed by atoms with Crippen LogP contribution >= 0.6 is 11.6 Å². The van der Waals surface area contributed by atoms with Crippen molar-refractivity contribution in [1.29, 1.82) is 0 Å². The maximum atomic E-state index is 12.7. The first-order valence-electron chi connectivity index (χ1n) is 10.2. The molecule has 0 saturated carbocycles. The van der Waals surface area contributed by atoms with E-state index in [4.69, 9.17) is 16.3 Å². The molecule has 2 heterocycles. The van der Waals surface area contributed by atoms with E-state index in [2.05, 4.69) is 20.3 Å². The van der Waals surface area contributed by atoms with Crippen molar-refractivity contribution >= 4 is 39.6 Å². The SMILES string of the molecule is O=C(Cn1c(COc2ccc(Cl)cc2)nc2ccccc21)NCc1nc2ccccc2[nH]1. The van der Waals surface area contributed by atoms with Gasteiger partial charge in [-0.25, -0.2) is 9.97 Å². The second-order valence-electron chi connectivity index (χ2n) is 7.32. The molecule has 0 atom stereocenters. The van der Waals surface area contributed by atoms with E-state index < -0.39 is 0 Å². The van der Waals surface area contributed by atoms with Crippen molar-refractivity contribution in [2.45, 2.75) is 19.7 Å². The standard InChI is InChI=1S/C24H20ClN5O2/c25-16-9-11-17(12-10-16)32-15-23-29-20-7-3-4-8-21(20)30(23)14-24(31)26-13-22-27-18-5-1-2-6-19(18)28-22/h1-12H,13-15H2,(H,26,31)(H,27,28). The molecule has 2 aromatic heterocycles. The van der Waals surface area contributed by atoms with E-state index in [9.17, 15) is 4.79 Å². The number of nitrogens with one attached hydrogen (secondary N) is 2. The van der Waals surface area contributed by atoms with Crippen LogP contribution in [0.15, 0.2) is 72.8 Å². The molecule has 0 aliphatic heterocycles. The van der Waals surface area contributed by atoms with Crippen LogP contribution in [0.2, 0.25) is 5.02 Å². The molecular formula is C24H20ClN5O2. The summed E-state index contributed by atoms with van der Waals surface area (Å²) in [6, 6.07) is 22.6. The third-order valence-corrected chi connectivity index (χ3v) is 5.36. The lowest BCUT2D eigenvalue weighted by molar-refractivity contribution is -0.121. The van der Waals surface area contributed by atoms with Crippen molar-refractivity contribution in [3.05, 3.63) is 89.5 Å². The summed E-state index contributed by atoms with van der Waals surface area (Å²) in [5.41, 5.74) is 3.51. The van der Waals surface area contributed by atoms with Crippen molar-refractivity contribution < 1.29 is 9.53 Å². The average Bonchev–Trinajstić information content (AvgIpc) is 3.38. The van der Waals surface area contributed by atoms with Gasteiger partial charge in [0.1, 0.15) is 30.5 Å². The Kier molecular flexibility index (Phi) is 5.47. The molecule has 160 valence electrons. The number of imidazole rings is 2. The molecule has 0 unspecified atom stereocenters. The van der Waals surface area contributed by atoms with Crippen molar-refractivity contribution in [3.63, 3.8) is 0 Å². The lowest BCUT2D eigenvalue weighted by Gasteiger charge is -2.11. The average molecular weight is 446 g/mol. The van der Waals surface area contributed by atoms with Crippen LogP contribution in [0.1, 0.15) is 11.6 Å². The zero-order chi connectivity index (χ0) is 21.9. The monoisotopic (exact) mass is 445 g/mol. The topological polar surface area (TPSA) is 84.8 Å². The van der Waals surface area contributed by atoms with Gasteiger partial charge in [-0.3, -0.25) is 4.79 Å². The number of aromatic amines is 1. The summed E-state index contributed by atoms with van der Waals surface area (Å²) in [6.07, 6.45) is 0. The number of fused-ring (bicyclic) bond motifs is 2. The van der Waals surface area contributed by atoms with Gasteiger partial charge in [0.2, 0.25) is 5.91 Å². The minimum absolute atomic E-state index is 0.125. The summed E-state index contributed by atoms with van der Waals surface area (Å²) in [7, 11) is 0. The van der Waals surface area contributed by atoms with E-state index in [0.29, 0.717) is 29.0 Å². The number of halogens is 1. The summed E-state index contributed by atoms with van der Waals surface area (Å²) < 4.78 is 7.75. The van der Waals surface area contributed by atoms with Crippen LogP contribution in [0, 0.1) is 0 Å². The van der Waals surface area contributed by atoms with Crippen molar-refractivity contribution in [1.82, 2.24) is 24.8 Å². The Morgan fingerprint density at radius 2 is 1.72 bits per heavy atom. The molecule has 0 saturated heterocycles. The van der Waals surface area contributed by atoms with Crippen LogP contribution in [0.25, 0.3) is 22.1 Å². The summed E-state index contributed by atoms with van der Waals surface area (Å²) in [5, 5.41) is 3.58. The van der Waals surface area contributed by atoms with E-state index in [0.717, 1.165) is 22.1 Å². The first-order chi connectivity index (χ1) is 15.7. The first-order valence-corrected chi connectivity index (χ1v) is 10.6. The van der Waals surface area contributed by atoms with Gasteiger partial charge in [0, 0.05) is 5.02 Å². The van der Waals surface area contributed by atoms with Gasteiger partial charge >= 0.3 is 0 Å².